The summed E-state index contributed by atoms with van der Waals surface area (Å²) >= 11 is 0. The normalized spacial score (nSPS) is 23.5. The summed E-state index contributed by atoms with van der Waals surface area (Å²) in [4.78, 5) is 0. The van der Waals surface area contributed by atoms with Crippen molar-refractivity contribution in [2.24, 2.45) is 11.3 Å². The minimum absolute atomic E-state index is 0.153. The van der Waals surface area contributed by atoms with Gasteiger partial charge in [-0.2, -0.15) is 0 Å². The molecule has 3 heteroatoms. The van der Waals surface area contributed by atoms with Crippen LogP contribution in [0, 0.1) is 17.2 Å². The van der Waals surface area contributed by atoms with Crippen molar-refractivity contribution in [2.75, 3.05) is 19.8 Å². The first-order chi connectivity index (χ1) is 9.66. The van der Waals surface area contributed by atoms with Gasteiger partial charge in [0.15, 0.2) is 0 Å². The zero-order chi connectivity index (χ0) is 14.0. The second-order valence-corrected chi connectivity index (χ2v) is 6.67. The zero-order valence-corrected chi connectivity index (χ0v) is 12.2. The second-order valence-electron chi connectivity index (χ2n) is 6.67. The van der Waals surface area contributed by atoms with Crippen molar-refractivity contribution in [1.29, 1.82) is 0 Å². The molecule has 1 aliphatic carbocycles. The van der Waals surface area contributed by atoms with Crippen molar-refractivity contribution in [3.63, 3.8) is 0 Å². The fourth-order valence-electron chi connectivity index (χ4n) is 3.05. The Bertz CT molecular complexity index is 435. The van der Waals surface area contributed by atoms with Gasteiger partial charge in [-0.1, -0.05) is 19.1 Å². The molecule has 1 saturated carbocycles. The number of hydrogen-bond acceptors (Lipinski definition) is 2. The Kier molecular flexibility index (Phi) is 4.08. The minimum Gasteiger partial charge on any atom is -0.381 e. The Morgan fingerprint density at radius 2 is 1.90 bits per heavy atom. The monoisotopic (exact) mass is 277 g/mol. The summed E-state index contributed by atoms with van der Waals surface area (Å²) in [5, 5.41) is 3.75. The van der Waals surface area contributed by atoms with Gasteiger partial charge in [0.2, 0.25) is 0 Å². The van der Waals surface area contributed by atoms with Gasteiger partial charge < -0.3 is 10.1 Å². The van der Waals surface area contributed by atoms with Crippen molar-refractivity contribution >= 4 is 0 Å². The lowest BCUT2D eigenvalue weighted by Crippen LogP contribution is -2.38. The van der Waals surface area contributed by atoms with Crippen LogP contribution >= 0.6 is 0 Å². The fourth-order valence-corrected chi connectivity index (χ4v) is 3.05. The van der Waals surface area contributed by atoms with E-state index in [9.17, 15) is 4.39 Å². The van der Waals surface area contributed by atoms with Gasteiger partial charge in [-0.05, 0) is 54.7 Å². The van der Waals surface area contributed by atoms with Crippen molar-refractivity contribution in [1.82, 2.24) is 5.32 Å². The molecule has 1 atom stereocenters. The van der Waals surface area contributed by atoms with E-state index in [0.29, 0.717) is 11.5 Å². The number of rotatable bonds is 5. The summed E-state index contributed by atoms with van der Waals surface area (Å²) in [6.07, 6.45) is 4.82. The third kappa shape index (κ3) is 3.39. The lowest BCUT2D eigenvalue weighted by atomic mass is 9.82. The van der Waals surface area contributed by atoms with Crippen molar-refractivity contribution in [2.45, 2.75) is 38.6 Å². The molecule has 20 heavy (non-hydrogen) atoms. The largest absolute Gasteiger partial charge is 0.381 e. The van der Waals surface area contributed by atoms with Gasteiger partial charge in [0.25, 0.3) is 0 Å². The fraction of sp³-hybridized carbons (Fsp3) is 0.647. The number of hydrogen-bond donors (Lipinski definition) is 1. The maximum Gasteiger partial charge on any atom is 0.123 e. The molecule has 0 spiro atoms. The summed E-state index contributed by atoms with van der Waals surface area (Å²) in [5.74, 6) is 0.573. The summed E-state index contributed by atoms with van der Waals surface area (Å²) in [6, 6.07) is 7.38. The van der Waals surface area contributed by atoms with Gasteiger partial charge in [-0.15, -0.1) is 0 Å². The van der Waals surface area contributed by atoms with Crippen LogP contribution in [0.2, 0.25) is 0 Å². The number of ether oxygens (including phenoxy) is 1. The summed E-state index contributed by atoms with van der Waals surface area (Å²) in [6.45, 7) is 5.12. The Morgan fingerprint density at radius 3 is 2.50 bits per heavy atom. The molecule has 0 bridgehead atoms. The van der Waals surface area contributed by atoms with Gasteiger partial charge >= 0.3 is 0 Å². The highest BCUT2D eigenvalue weighted by atomic mass is 19.1. The molecule has 2 aliphatic rings. The highest BCUT2D eigenvalue weighted by Crippen LogP contribution is 2.42. The molecule has 1 aromatic carbocycles. The molecular formula is C17H24FNO. The Morgan fingerprint density at radius 1 is 1.25 bits per heavy atom. The molecule has 3 rings (SSSR count). The van der Waals surface area contributed by atoms with E-state index in [0.717, 1.165) is 38.5 Å². The molecule has 2 nitrogen and oxygen atoms in total. The topological polar surface area (TPSA) is 21.3 Å². The molecule has 0 aromatic heterocycles. The Balaban J connectivity index is 1.64. The second kappa shape index (κ2) is 5.82. The Labute approximate surface area is 120 Å². The minimum atomic E-state index is -0.153. The average molecular weight is 277 g/mol. The van der Waals surface area contributed by atoms with E-state index in [1.54, 1.807) is 12.1 Å². The van der Waals surface area contributed by atoms with E-state index in [1.807, 2.05) is 12.1 Å². The molecule has 1 aromatic rings. The first-order valence-corrected chi connectivity index (χ1v) is 7.73. The SMILES string of the molecule is CC1(CNC(c2ccc(F)cc2)C2CC2)CCOCC1. The molecule has 0 amide bonds. The van der Waals surface area contributed by atoms with Crippen molar-refractivity contribution in [3.05, 3.63) is 35.6 Å². The quantitative estimate of drug-likeness (QED) is 0.886. The molecular weight excluding hydrogens is 253 g/mol. The average Bonchev–Trinajstić information content (AvgIpc) is 3.26. The first-order valence-electron chi connectivity index (χ1n) is 7.73. The van der Waals surface area contributed by atoms with E-state index in [1.165, 1.54) is 18.4 Å². The van der Waals surface area contributed by atoms with E-state index in [4.69, 9.17) is 4.74 Å². The van der Waals surface area contributed by atoms with E-state index < -0.39 is 0 Å². The third-order valence-electron chi connectivity index (χ3n) is 4.77. The molecule has 0 radical (unpaired) electrons. The van der Waals surface area contributed by atoms with E-state index in [2.05, 4.69) is 12.2 Å². The Hall–Kier alpha value is -0.930. The molecule has 1 saturated heterocycles. The van der Waals surface area contributed by atoms with Crippen molar-refractivity contribution in [3.8, 4) is 0 Å². The predicted molar refractivity (Wildman–Crippen MR) is 78.0 cm³/mol. The summed E-state index contributed by atoms with van der Waals surface area (Å²) in [5.41, 5.74) is 1.57. The van der Waals surface area contributed by atoms with Gasteiger partial charge in [0.1, 0.15) is 5.82 Å². The van der Waals surface area contributed by atoms with Crippen molar-refractivity contribution < 1.29 is 9.13 Å². The van der Waals surface area contributed by atoms with Crippen LogP contribution in [-0.2, 0) is 4.74 Å². The van der Waals surface area contributed by atoms with Gasteiger partial charge in [0, 0.05) is 25.8 Å². The maximum atomic E-state index is 13.1. The van der Waals surface area contributed by atoms with Gasteiger partial charge in [-0.25, -0.2) is 4.39 Å². The smallest absolute Gasteiger partial charge is 0.123 e. The lowest BCUT2D eigenvalue weighted by molar-refractivity contribution is 0.0225. The van der Waals surface area contributed by atoms with Crippen LogP contribution in [-0.4, -0.2) is 19.8 Å². The van der Waals surface area contributed by atoms with Crippen LogP contribution in [0.3, 0.4) is 0 Å². The van der Waals surface area contributed by atoms with Crippen LogP contribution in [0.5, 0.6) is 0 Å². The zero-order valence-electron chi connectivity index (χ0n) is 12.2. The van der Waals surface area contributed by atoms with Crippen LogP contribution in [0.1, 0.15) is 44.2 Å². The summed E-state index contributed by atoms with van der Waals surface area (Å²) in [7, 11) is 0. The van der Waals surface area contributed by atoms with Crippen LogP contribution in [0.25, 0.3) is 0 Å². The highest BCUT2D eigenvalue weighted by molar-refractivity contribution is 5.22. The van der Waals surface area contributed by atoms with Crippen LogP contribution in [0.15, 0.2) is 24.3 Å². The number of nitrogens with one attached hydrogen (secondary N) is 1. The van der Waals surface area contributed by atoms with Gasteiger partial charge in [-0.3, -0.25) is 0 Å². The maximum absolute atomic E-state index is 13.1. The van der Waals surface area contributed by atoms with E-state index >= 15 is 0 Å². The lowest BCUT2D eigenvalue weighted by Gasteiger charge is -2.35. The molecule has 1 heterocycles. The highest BCUT2D eigenvalue weighted by Gasteiger charge is 2.34. The molecule has 1 unspecified atom stereocenters. The number of benzene rings is 1. The predicted octanol–water partition coefficient (Wildman–Crippen LogP) is 3.68. The standard InChI is InChI=1S/C17H24FNO/c1-17(8-10-20-11-9-17)12-19-16(13-2-3-13)14-4-6-15(18)7-5-14/h4-7,13,16,19H,2-3,8-12H2,1H3. The molecule has 1 aliphatic heterocycles. The first kappa shape index (κ1) is 14.0. The number of halogens is 1. The van der Waals surface area contributed by atoms with Gasteiger partial charge in [0.05, 0.1) is 0 Å². The summed E-state index contributed by atoms with van der Waals surface area (Å²) < 4.78 is 18.5. The molecule has 110 valence electrons. The van der Waals surface area contributed by atoms with Crippen LogP contribution < -0.4 is 5.32 Å². The third-order valence-corrected chi connectivity index (χ3v) is 4.77. The van der Waals surface area contributed by atoms with E-state index in [-0.39, 0.29) is 5.82 Å². The molecule has 1 N–H and O–H groups in total. The van der Waals surface area contributed by atoms with Crippen LogP contribution in [0.4, 0.5) is 4.39 Å². The molecule has 2 fully saturated rings.